The van der Waals surface area contributed by atoms with Crippen molar-refractivity contribution in [2.45, 2.75) is 114 Å². The molecule has 10 atom stereocenters. The molecule has 8 aromatic rings. The number of allylic oxidation sites excluding steroid dienone is 1. The van der Waals surface area contributed by atoms with Crippen molar-refractivity contribution in [2.24, 2.45) is 0 Å². The van der Waals surface area contributed by atoms with Crippen LogP contribution >= 0.6 is 56.7 Å². The maximum atomic E-state index is 15.2. The van der Waals surface area contributed by atoms with Gasteiger partial charge in [-0.2, -0.15) is 4.73 Å². The molecular formula is C62H66N14O17S5. The number of likely N-dealkylation sites (N-methyl/N-ethyl adjacent to an activating group) is 2. The van der Waals surface area contributed by atoms with Gasteiger partial charge in [-0.05, 0) is 73.6 Å². The summed E-state index contributed by atoms with van der Waals surface area (Å²) in [5.74, 6) is -6.34. The summed E-state index contributed by atoms with van der Waals surface area (Å²) in [5.41, 5.74) is -1.52. The molecule has 0 aliphatic carbocycles. The van der Waals surface area contributed by atoms with E-state index in [0.29, 0.717) is 16.0 Å². The van der Waals surface area contributed by atoms with Gasteiger partial charge in [0.2, 0.25) is 11.8 Å². The highest BCUT2D eigenvalue weighted by molar-refractivity contribution is 7.14. The molecule has 0 saturated carbocycles. The number of amides is 5. The number of esters is 2. The molecule has 4 aliphatic rings. The smallest absolute Gasteiger partial charge is 0.358 e. The molecule has 1 saturated heterocycles. The summed E-state index contributed by atoms with van der Waals surface area (Å²) in [4.78, 5) is 134. The number of aromatic nitrogens is 7. The fourth-order valence-electron chi connectivity index (χ4n) is 12.0. The average Bonchev–Trinajstić information content (AvgIpc) is 1.57. The summed E-state index contributed by atoms with van der Waals surface area (Å²) in [6.45, 7) is 4.57. The lowest BCUT2D eigenvalue weighted by molar-refractivity contribution is -0.280. The second kappa shape index (κ2) is 28.2. The molecule has 5 amide bonds. The second-order valence-electron chi connectivity index (χ2n) is 24.2. The van der Waals surface area contributed by atoms with Crippen molar-refractivity contribution >= 4 is 115 Å². The molecule has 7 aromatic heterocycles. The molecule has 31 nitrogen and oxygen atoms in total. The number of benzene rings is 1. The summed E-state index contributed by atoms with van der Waals surface area (Å²) in [6, 6.07) is 0.904. The zero-order valence-corrected chi connectivity index (χ0v) is 57.9. The minimum absolute atomic E-state index is 0.000805. The van der Waals surface area contributed by atoms with Crippen LogP contribution in [-0.4, -0.2) is 203 Å². The van der Waals surface area contributed by atoms with E-state index in [1.807, 2.05) is 0 Å². The number of fused-ring (bicyclic) bond motifs is 15. The van der Waals surface area contributed by atoms with E-state index in [4.69, 9.17) is 43.4 Å². The average molecular weight is 1440 g/mol. The Balaban J connectivity index is 1.03. The number of aliphatic hydroxyl groups excluding tert-OH is 1. The summed E-state index contributed by atoms with van der Waals surface area (Å²) in [7, 11) is 8.38. The van der Waals surface area contributed by atoms with E-state index < -0.39 is 122 Å². The third-order valence-corrected chi connectivity index (χ3v) is 21.0. The maximum absolute atomic E-state index is 15.2. The monoisotopic (exact) mass is 1440 g/mol. The first-order chi connectivity index (χ1) is 46.7. The minimum atomic E-state index is -1.90. The van der Waals surface area contributed by atoms with E-state index in [2.05, 4.69) is 41.5 Å². The third-order valence-electron chi connectivity index (χ3n) is 16.5. The number of ether oxygens (including phenoxy) is 6. The first-order valence-electron chi connectivity index (χ1n) is 30.3. The van der Waals surface area contributed by atoms with Crippen LogP contribution in [0.25, 0.3) is 49.3 Å². The van der Waals surface area contributed by atoms with Crippen LogP contribution in [0.4, 0.5) is 0 Å². The number of carbonyl (C=O) groups is 7. The number of nitrogens with zero attached hydrogens (tertiary/aromatic N) is 9. The highest BCUT2D eigenvalue weighted by Crippen LogP contribution is 2.43. The third kappa shape index (κ3) is 14.0. The van der Waals surface area contributed by atoms with Crippen molar-refractivity contribution < 1.29 is 82.5 Å². The van der Waals surface area contributed by atoms with Gasteiger partial charge in [0.1, 0.15) is 114 Å². The predicted octanol–water partition coefficient (Wildman–Crippen LogP) is 4.34. The number of rotatable bonds is 10. The Morgan fingerprint density at radius 1 is 0.837 bits per heavy atom. The number of aromatic hydroxyl groups is 1. The van der Waals surface area contributed by atoms with Crippen molar-refractivity contribution in [2.75, 3.05) is 48.5 Å². The fraction of sp³-hybridized carbons (Fsp3) is 0.403. The molecule has 0 radical (unpaired) electrons. The predicted molar refractivity (Wildman–Crippen MR) is 355 cm³/mol. The van der Waals surface area contributed by atoms with Crippen LogP contribution in [0.2, 0.25) is 0 Å². The number of pyridine rings is 1. The lowest BCUT2D eigenvalue weighted by Crippen LogP contribution is -2.62. The Morgan fingerprint density at radius 2 is 1.51 bits per heavy atom. The van der Waals surface area contributed by atoms with Gasteiger partial charge >= 0.3 is 11.9 Å². The highest BCUT2D eigenvalue weighted by Gasteiger charge is 2.50. The number of thiazole rings is 5. The Bertz CT molecular complexity index is 4480. The Kier molecular flexibility index (Phi) is 19.9. The molecule has 98 heavy (non-hydrogen) atoms. The summed E-state index contributed by atoms with van der Waals surface area (Å²) >= 11 is 4.86. The number of hydrogen-bond donors (Lipinski definition) is 9. The van der Waals surface area contributed by atoms with Gasteiger partial charge in [-0.15, -0.1) is 56.7 Å². The van der Waals surface area contributed by atoms with Gasteiger partial charge < -0.3 is 85.3 Å². The topological polar surface area (TPSA) is 405 Å². The molecule has 0 spiro atoms. The van der Waals surface area contributed by atoms with Crippen LogP contribution in [0.3, 0.4) is 0 Å². The van der Waals surface area contributed by atoms with Crippen molar-refractivity contribution in [3.63, 3.8) is 0 Å². The van der Waals surface area contributed by atoms with Gasteiger partial charge in [0.25, 0.3) is 17.7 Å². The quantitative estimate of drug-likeness (QED) is 0.0522. The Morgan fingerprint density at radius 3 is 2.23 bits per heavy atom. The van der Waals surface area contributed by atoms with Gasteiger partial charge in [-0.1, -0.05) is 12.1 Å². The van der Waals surface area contributed by atoms with Crippen LogP contribution in [0.5, 0.6) is 5.75 Å². The molecule has 516 valence electrons. The number of cyclic esters (lactones) is 2. The summed E-state index contributed by atoms with van der Waals surface area (Å²) in [5, 5.41) is 69.1. The fourth-order valence-corrected chi connectivity index (χ4v) is 16.2. The van der Waals surface area contributed by atoms with Gasteiger partial charge in [-0.3, -0.25) is 24.0 Å². The number of nitrogens with one attached hydrogen (secondary N) is 5. The SMILES string of the molecule is CO/C(C)=C1/NC(=O)[C@H]([C@@H](C)O)NC(=O)c2csc(n2)-c2cc(O)c(-c3nc(CNC(=O)CN(C)C)cs3)nc2-c2csc(n2)[C@@H]2COC(=O)c3c4c5c(cccc5n3O)COC(=O)[C@@H](O[C@H]3C[C@](C)(O)[C@H](N(C)C)[C@H](C)O3)[C@@H](OC4)[C@H](NC(=O)c3csc1n3)c1nc(cs1)C(=O)N2. The standard InChI is InChI=1S/C62H66N14O17S5/c1-25(77)42-54(83)72-43(26(2)88-9)57-68-36(24-97-57)53(82)73-46-48-49(93-40-14-62(4,86)50(75(7)8)27(3)92-40)61(85)90-17-28-11-10-12-37-41(28)31(18-89-48)47(76(37)87)60(84)91-19-32(65-51(80)34-23-98-59(46)69-34)56-66-33(21-96-56)44-30(55-67-35(22-95-55)52(81)71-42)13-38(78)45(70-44)58-64-29(20-94-58)15-63-39(79)16-74(5)6/h10-13,20-25,27,32,40,42,46,48-50,77-78,86-87H,14-19H2,1-9H3,(H,63,79)(H,65,80)(H,71,81)(H,72,83)(H,73,82)/b43-26+/t25-,27+,32+,40+,42+,46+,48+,49+,50-,62+/m1/s1. The number of hydrogen-bond acceptors (Lipinski definition) is 30. The van der Waals surface area contributed by atoms with Crippen molar-refractivity contribution in [3.05, 3.63) is 112 Å². The zero-order chi connectivity index (χ0) is 69.8. The molecule has 9 N–H and O–H groups in total. The van der Waals surface area contributed by atoms with E-state index in [1.54, 1.807) is 74.7 Å². The molecular weight excluding hydrogens is 1370 g/mol. The summed E-state index contributed by atoms with van der Waals surface area (Å²) in [6.07, 6.45) is -7.45. The lowest BCUT2D eigenvalue weighted by Gasteiger charge is -2.48. The molecule has 12 bridgehead atoms. The van der Waals surface area contributed by atoms with Gasteiger partial charge in [0, 0.05) is 49.8 Å². The van der Waals surface area contributed by atoms with E-state index in [1.165, 1.54) is 49.2 Å². The van der Waals surface area contributed by atoms with Crippen LogP contribution in [0, 0.1) is 0 Å². The van der Waals surface area contributed by atoms with Crippen molar-refractivity contribution in [1.82, 2.24) is 71.0 Å². The number of aliphatic hydroxyl groups is 2. The molecule has 0 unspecified atom stereocenters. The van der Waals surface area contributed by atoms with Gasteiger partial charge in [0.15, 0.2) is 18.1 Å². The second-order valence-corrected chi connectivity index (χ2v) is 28.5. The first-order valence-corrected chi connectivity index (χ1v) is 34.7. The number of methoxy groups -OCH3 is 1. The highest BCUT2D eigenvalue weighted by atomic mass is 32.1. The molecule has 1 fully saturated rings. The molecule has 12 rings (SSSR count). The molecule has 1 aromatic carbocycles. The van der Waals surface area contributed by atoms with Crippen LogP contribution in [-0.2, 0) is 62.6 Å². The molecule has 36 heteroatoms. The molecule has 11 heterocycles. The summed E-state index contributed by atoms with van der Waals surface area (Å²) < 4.78 is 38.3. The maximum Gasteiger partial charge on any atom is 0.358 e. The van der Waals surface area contributed by atoms with E-state index >= 15 is 14.4 Å². The van der Waals surface area contributed by atoms with E-state index in [9.17, 15) is 39.7 Å². The Hall–Kier alpha value is -8.79. The zero-order valence-electron chi connectivity index (χ0n) is 53.8. The first kappa shape index (κ1) is 69.1. The van der Waals surface area contributed by atoms with Gasteiger partial charge in [-0.25, -0.2) is 39.5 Å². The van der Waals surface area contributed by atoms with Gasteiger partial charge in [0.05, 0.1) is 61.9 Å². The van der Waals surface area contributed by atoms with E-state index in [-0.39, 0.29) is 124 Å². The lowest BCUT2D eigenvalue weighted by atomic mass is 9.85. The van der Waals surface area contributed by atoms with E-state index in [0.717, 1.165) is 56.7 Å². The Labute approximate surface area is 577 Å². The van der Waals surface area contributed by atoms with Crippen LogP contribution < -0.4 is 26.6 Å². The number of carbonyl (C=O) groups excluding carboxylic acids is 7. The van der Waals surface area contributed by atoms with Crippen molar-refractivity contribution in [3.8, 4) is 38.4 Å². The van der Waals surface area contributed by atoms with Crippen LogP contribution in [0.15, 0.2) is 56.9 Å². The normalized spacial score (nSPS) is 24.2. The largest absolute Gasteiger partial charge is 0.506 e. The minimum Gasteiger partial charge on any atom is -0.506 e. The van der Waals surface area contributed by atoms with Crippen LogP contribution in [0.1, 0.15) is 120 Å². The molecule has 4 aliphatic heterocycles. The van der Waals surface area contributed by atoms with Crippen molar-refractivity contribution in [1.29, 1.82) is 0 Å².